The third kappa shape index (κ3) is 6.28. The van der Waals surface area contributed by atoms with Crippen LogP contribution < -0.4 is 0 Å². The summed E-state index contributed by atoms with van der Waals surface area (Å²) in [4.78, 5) is 0. The first-order valence-corrected chi connectivity index (χ1v) is 12.7. The van der Waals surface area contributed by atoms with Gasteiger partial charge in [-0.15, -0.1) is 0 Å². The highest BCUT2D eigenvalue weighted by Crippen LogP contribution is 2.20. The lowest BCUT2D eigenvalue weighted by molar-refractivity contribution is 1.04. The predicted molar refractivity (Wildman–Crippen MR) is 151 cm³/mol. The molecular weight excluding hydrogens is 456 g/mol. The van der Waals surface area contributed by atoms with Gasteiger partial charge in [-0.1, -0.05) is 63.2 Å². The standard InChI is InChI=1S/C12H14N2.C10H10N2.C9H8N2/c1-3-9-5-10(4-2)12-8-14-13-7-11(12)6-9;1-2-8-4-3-5-9-6-11-12-7-10(8)9;1-7-3-2-4-8-5-10-11-6-9(7)8/h5-8H,3-4H2,1-2H3;3-7H,2H2,1H3;2-6H,1H3. The van der Waals surface area contributed by atoms with Crippen LogP contribution in [0.5, 0.6) is 0 Å². The van der Waals surface area contributed by atoms with E-state index in [1.165, 1.54) is 49.2 Å². The fourth-order valence-corrected chi connectivity index (χ4v) is 4.33. The number of hydrogen-bond acceptors (Lipinski definition) is 6. The minimum Gasteiger partial charge on any atom is -0.158 e. The van der Waals surface area contributed by atoms with Gasteiger partial charge in [0.15, 0.2) is 0 Å². The van der Waals surface area contributed by atoms with Crippen LogP contribution in [0.2, 0.25) is 0 Å². The summed E-state index contributed by atoms with van der Waals surface area (Å²) in [7, 11) is 0. The van der Waals surface area contributed by atoms with E-state index in [0.717, 1.165) is 24.6 Å². The Morgan fingerprint density at radius 2 is 1.00 bits per heavy atom. The number of hydrogen-bond donors (Lipinski definition) is 0. The van der Waals surface area contributed by atoms with Crippen LogP contribution in [0.25, 0.3) is 32.3 Å². The first-order valence-electron chi connectivity index (χ1n) is 12.7. The van der Waals surface area contributed by atoms with Crippen molar-refractivity contribution in [3.8, 4) is 0 Å². The molecule has 0 aliphatic heterocycles. The smallest absolute Gasteiger partial charge is 0.0577 e. The van der Waals surface area contributed by atoms with Crippen LogP contribution in [0, 0.1) is 6.92 Å². The van der Waals surface area contributed by atoms with Gasteiger partial charge in [0.1, 0.15) is 0 Å². The maximum absolute atomic E-state index is 3.93. The van der Waals surface area contributed by atoms with Crippen molar-refractivity contribution in [1.82, 2.24) is 30.6 Å². The highest BCUT2D eigenvalue weighted by molar-refractivity contribution is 5.85. The van der Waals surface area contributed by atoms with Crippen LogP contribution in [0.3, 0.4) is 0 Å². The predicted octanol–water partition coefficient (Wildman–Crippen LogP) is 6.89. The number of rotatable bonds is 3. The molecule has 0 saturated carbocycles. The van der Waals surface area contributed by atoms with E-state index in [4.69, 9.17) is 0 Å². The van der Waals surface area contributed by atoms with E-state index >= 15 is 0 Å². The summed E-state index contributed by atoms with van der Waals surface area (Å²) in [5, 5.41) is 30.3. The van der Waals surface area contributed by atoms with Crippen LogP contribution in [-0.2, 0) is 19.3 Å². The molecule has 0 atom stereocenters. The Morgan fingerprint density at radius 3 is 1.59 bits per heavy atom. The van der Waals surface area contributed by atoms with Crippen molar-refractivity contribution in [1.29, 1.82) is 0 Å². The second kappa shape index (κ2) is 12.6. The van der Waals surface area contributed by atoms with E-state index in [1.54, 1.807) is 18.6 Å². The van der Waals surface area contributed by atoms with Crippen molar-refractivity contribution in [3.05, 3.63) is 108 Å². The first-order chi connectivity index (χ1) is 18.1. The van der Waals surface area contributed by atoms with E-state index in [0.29, 0.717) is 0 Å². The van der Waals surface area contributed by atoms with E-state index < -0.39 is 0 Å². The SMILES string of the molecule is CCc1cc(CC)c2cnncc2c1.CCc1cccc2cnncc12.Cc1cccc2cnncc12. The summed E-state index contributed by atoms with van der Waals surface area (Å²) >= 11 is 0. The lowest BCUT2D eigenvalue weighted by atomic mass is 10.0. The zero-order chi connectivity index (χ0) is 26.0. The van der Waals surface area contributed by atoms with Crippen molar-refractivity contribution in [2.75, 3.05) is 0 Å². The molecule has 0 aliphatic rings. The van der Waals surface area contributed by atoms with Crippen LogP contribution in [0.1, 0.15) is 43.0 Å². The Balaban J connectivity index is 0.000000131. The molecule has 3 heterocycles. The largest absolute Gasteiger partial charge is 0.158 e. The quantitative estimate of drug-likeness (QED) is 0.270. The minimum absolute atomic E-state index is 1.04. The molecule has 0 radical (unpaired) electrons. The average molecular weight is 489 g/mol. The van der Waals surface area contributed by atoms with Gasteiger partial charge in [-0.2, -0.15) is 30.6 Å². The molecule has 6 heteroatoms. The summed E-state index contributed by atoms with van der Waals surface area (Å²) in [5.74, 6) is 0. The number of aromatic nitrogens is 6. The van der Waals surface area contributed by atoms with Crippen LogP contribution in [0.4, 0.5) is 0 Å². The van der Waals surface area contributed by atoms with Gasteiger partial charge in [-0.05, 0) is 54.5 Å². The highest BCUT2D eigenvalue weighted by atomic mass is 15.1. The molecule has 0 unspecified atom stereocenters. The summed E-state index contributed by atoms with van der Waals surface area (Å²) in [6.45, 7) is 8.57. The Bertz CT molecular complexity index is 1600. The molecule has 37 heavy (non-hydrogen) atoms. The van der Waals surface area contributed by atoms with E-state index in [2.05, 4.69) is 94.7 Å². The van der Waals surface area contributed by atoms with Gasteiger partial charge in [0.05, 0.1) is 37.2 Å². The third-order valence-electron chi connectivity index (χ3n) is 6.47. The molecule has 6 nitrogen and oxygen atoms in total. The molecule has 0 saturated heterocycles. The maximum Gasteiger partial charge on any atom is 0.0577 e. The van der Waals surface area contributed by atoms with E-state index in [1.807, 2.05) is 30.7 Å². The Labute approximate surface area is 217 Å². The lowest BCUT2D eigenvalue weighted by Gasteiger charge is -2.06. The van der Waals surface area contributed by atoms with Crippen LogP contribution in [0.15, 0.2) is 85.7 Å². The van der Waals surface area contributed by atoms with Crippen molar-refractivity contribution in [2.24, 2.45) is 0 Å². The maximum atomic E-state index is 3.93. The van der Waals surface area contributed by atoms with Crippen molar-refractivity contribution in [2.45, 2.75) is 47.0 Å². The Kier molecular flexibility index (Phi) is 8.76. The molecule has 0 aliphatic carbocycles. The Morgan fingerprint density at radius 1 is 0.486 bits per heavy atom. The van der Waals surface area contributed by atoms with Crippen molar-refractivity contribution < 1.29 is 0 Å². The van der Waals surface area contributed by atoms with Gasteiger partial charge < -0.3 is 0 Å². The molecule has 3 aromatic heterocycles. The van der Waals surface area contributed by atoms with Gasteiger partial charge in [0.2, 0.25) is 0 Å². The molecule has 6 rings (SSSR count). The van der Waals surface area contributed by atoms with Gasteiger partial charge in [-0.25, -0.2) is 0 Å². The topological polar surface area (TPSA) is 77.3 Å². The highest BCUT2D eigenvalue weighted by Gasteiger charge is 2.02. The van der Waals surface area contributed by atoms with E-state index in [-0.39, 0.29) is 0 Å². The second-order valence-corrected chi connectivity index (χ2v) is 8.78. The summed E-state index contributed by atoms with van der Waals surface area (Å²) in [5.41, 5.74) is 5.33. The molecule has 6 aromatic rings. The molecule has 0 N–H and O–H groups in total. The van der Waals surface area contributed by atoms with Crippen LogP contribution in [-0.4, -0.2) is 30.6 Å². The average Bonchev–Trinajstić information content (AvgIpc) is 2.97. The van der Waals surface area contributed by atoms with Crippen molar-refractivity contribution >= 4 is 32.3 Å². The molecule has 0 fully saturated rings. The minimum atomic E-state index is 1.04. The number of benzene rings is 3. The number of aryl methyl sites for hydroxylation is 4. The van der Waals surface area contributed by atoms with Crippen molar-refractivity contribution in [3.63, 3.8) is 0 Å². The molecule has 0 bridgehead atoms. The number of fused-ring (bicyclic) bond motifs is 3. The number of nitrogens with zero attached hydrogens (tertiary/aromatic N) is 6. The zero-order valence-corrected chi connectivity index (χ0v) is 21.9. The fraction of sp³-hybridized carbons (Fsp3) is 0.226. The Hall–Kier alpha value is -4.32. The molecule has 0 amide bonds. The van der Waals surface area contributed by atoms with Gasteiger partial charge in [0, 0.05) is 32.3 Å². The zero-order valence-electron chi connectivity index (χ0n) is 21.9. The molecule has 186 valence electrons. The molecule has 3 aromatic carbocycles. The van der Waals surface area contributed by atoms with Gasteiger partial charge in [0.25, 0.3) is 0 Å². The first kappa shape index (κ1) is 25.8. The van der Waals surface area contributed by atoms with Gasteiger partial charge >= 0.3 is 0 Å². The van der Waals surface area contributed by atoms with Gasteiger partial charge in [-0.3, -0.25) is 0 Å². The lowest BCUT2D eigenvalue weighted by Crippen LogP contribution is -1.90. The second-order valence-electron chi connectivity index (χ2n) is 8.78. The third-order valence-corrected chi connectivity index (χ3v) is 6.47. The fourth-order valence-electron chi connectivity index (χ4n) is 4.33. The summed E-state index contributed by atoms with van der Waals surface area (Å²) in [6.07, 6.45) is 14.1. The van der Waals surface area contributed by atoms with Crippen LogP contribution >= 0.6 is 0 Å². The summed E-state index contributed by atoms with van der Waals surface area (Å²) < 4.78 is 0. The molecule has 0 spiro atoms. The molecular formula is C31H32N6. The normalized spacial score (nSPS) is 10.5. The summed E-state index contributed by atoms with van der Waals surface area (Å²) in [6, 6.07) is 16.9. The monoisotopic (exact) mass is 488 g/mol. The van der Waals surface area contributed by atoms with E-state index in [9.17, 15) is 0 Å².